The number of ether oxygens (including phenoxy) is 2. The maximum Gasteiger partial charge on any atom is 0.309 e. The molecule has 0 aromatic rings. The Morgan fingerprint density at radius 2 is 0.971 bits per heavy atom. The van der Waals surface area contributed by atoms with Gasteiger partial charge in [-0.05, 0) is 37.5 Å². The smallest absolute Gasteiger partial charge is 0.309 e. The van der Waals surface area contributed by atoms with Gasteiger partial charge in [0.2, 0.25) is 0 Å². The number of hydrogen-bond donors (Lipinski definition) is 2. The molecule has 1 saturated carbocycles. The van der Waals surface area contributed by atoms with Crippen molar-refractivity contribution < 1.29 is 38.9 Å². The number of unbranched alkanes of at least 4 members (excludes halogenated alkanes) is 4. The molecule has 0 radical (unpaired) electrons. The van der Waals surface area contributed by atoms with Crippen LogP contribution in [0.1, 0.15) is 91.9 Å². The minimum absolute atomic E-state index is 0.200. The highest BCUT2D eigenvalue weighted by Crippen LogP contribution is 2.40. The van der Waals surface area contributed by atoms with Crippen LogP contribution >= 0.6 is 0 Å². The van der Waals surface area contributed by atoms with Gasteiger partial charge in [-0.3, -0.25) is 19.2 Å². The Labute approximate surface area is 203 Å². The molecular formula is C26H44O8. The Bertz CT molecular complexity index is 601. The van der Waals surface area contributed by atoms with E-state index in [4.69, 9.17) is 9.47 Å². The van der Waals surface area contributed by atoms with Crippen molar-refractivity contribution in [1.82, 2.24) is 0 Å². The first-order valence-corrected chi connectivity index (χ1v) is 12.8. The quantitative estimate of drug-likeness (QED) is 0.233. The third-order valence-corrected chi connectivity index (χ3v) is 6.57. The van der Waals surface area contributed by atoms with Crippen molar-refractivity contribution in [2.75, 3.05) is 13.2 Å². The lowest BCUT2D eigenvalue weighted by atomic mass is 9.68. The molecule has 0 aliphatic heterocycles. The maximum atomic E-state index is 12.8. The highest BCUT2D eigenvalue weighted by Gasteiger charge is 2.50. The third kappa shape index (κ3) is 10.9. The van der Waals surface area contributed by atoms with Crippen molar-refractivity contribution in [3.8, 4) is 0 Å². The van der Waals surface area contributed by atoms with Crippen molar-refractivity contribution in [2.45, 2.75) is 91.9 Å². The largest absolute Gasteiger partial charge is 0.481 e. The Morgan fingerprint density at radius 3 is 1.26 bits per heavy atom. The lowest BCUT2D eigenvalue weighted by Gasteiger charge is -2.35. The van der Waals surface area contributed by atoms with E-state index < -0.39 is 47.5 Å². The van der Waals surface area contributed by atoms with Gasteiger partial charge < -0.3 is 19.7 Å². The molecule has 8 nitrogen and oxygen atoms in total. The van der Waals surface area contributed by atoms with Crippen molar-refractivity contribution in [2.24, 2.45) is 35.5 Å². The van der Waals surface area contributed by atoms with Gasteiger partial charge in [0.15, 0.2) is 0 Å². The van der Waals surface area contributed by atoms with Crippen LogP contribution in [0.25, 0.3) is 0 Å². The molecule has 0 bridgehead atoms. The Hall–Kier alpha value is -2.12. The van der Waals surface area contributed by atoms with E-state index >= 15 is 0 Å². The van der Waals surface area contributed by atoms with E-state index in [2.05, 4.69) is 27.7 Å². The SMILES string of the molecule is CC(C)CCCCCOC(=O)C1CC(C(=O)O)C(C(=O)O)CC1C(=O)OCCCCCC(C)C. The van der Waals surface area contributed by atoms with Crippen molar-refractivity contribution in [3.05, 3.63) is 0 Å². The Kier molecular flexibility index (Phi) is 13.8. The van der Waals surface area contributed by atoms with Gasteiger partial charge in [-0.2, -0.15) is 0 Å². The van der Waals surface area contributed by atoms with Crippen LogP contribution in [-0.4, -0.2) is 47.3 Å². The molecule has 0 spiro atoms. The van der Waals surface area contributed by atoms with Gasteiger partial charge in [0.05, 0.1) is 36.9 Å². The van der Waals surface area contributed by atoms with Crippen LogP contribution < -0.4 is 0 Å². The summed E-state index contributed by atoms with van der Waals surface area (Å²) in [6, 6.07) is 0. The molecule has 0 amide bonds. The van der Waals surface area contributed by atoms with E-state index in [9.17, 15) is 29.4 Å². The second kappa shape index (κ2) is 15.7. The van der Waals surface area contributed by atoms with Crippen molar-refractivity contribution in [3.63, 3.8) is 0 Å². The van der Waals surface area contributed by atoms with Crippen molar-refractivity contribution in [1.29, 1.82) is 0 Å². The average Bonchev–Trinajstić information content (AvgIpc) is 2.76. The molecule has 0 aromatic heterocycles. The van der Waals surface area contributed by atoms with Gasteiger partial charge in [-0.1, -0.05) is 66.2 Å². The molecule has 1 aliphatic rings. The number of esters is 2. The zero-order valence-corrected chi connectivity index (χ0v) is 21.3. The number of rotatable bonds is 16. The van der Waals surface area contributed by atoms with Gasteiger partial charge in [0.1, 0.15) is 0 Å². The summed E-state index contributed by atoms with van der Waals surface area (Å²) >= 11 is 0. The molecule has 0 aromatic carbocycles. The summed E-state index contributed by atoms with van der Waals surface area (Å²) in [4.78, 5) is 49.0. The normalized spacial score (nSPS) is 22.5. The average molecular weight is 485 g/mol. The minimum atomic E-state index is -1.28. The number of carbonyl (C=O) groups excluding carboxylic acids is 2. The number of hydrogen-bond acceptors (Lipinski definition) is 6. The first-order chi connectivity index (χ1) is 16.0. The van der Waals surface area contributed by atoms with Gasteiger partial charge >= 0.3 is 23.9 Å². The highest BCUT2D eigenvalue weighted by molar-refractivity contribution is 5.86. The first kappa shape index (κ1) is 29.9. The number of aliphatic carboxylic acids is 2. The minimum Gasteiger partial charge on any atom is -0.481 e. The summed E-state index contributed by atoms with van der Waals surface area (Å²) in [5, 5.41) is 19.1. The van der Waals surface area contributed by atoms with Gasteiger partial charge in [-0.25, -0.2) is 0 Å². The Morgan fingerprint density at radius 1 is 0.618 bits per heavy atom. The molecule has 0 heterocycles. The first-order valence-electron chi connectivity index (χ1n) is 12.8. The molecule has 1 aliphatic carbocycles. The molecular weight excluding hydrogens is 440 g/mol. The zero-order chi connectivity index (χ0) is 25.7. The van der Waals surface area contributed by atoms with E-state index in [-0.39, 0.29) is 26.1 Å². The molecule has 0 saturated heterocycles. The second-order valence-corrected chi connectivity index (χ2v) is 10.4. The summed E-state index contributed by atoms with van der Waals surface area (Å²) in [6.45, 7) is 9.00. The predicted octanol–water partition coefficient (Wildman–Crippen LogP) is 4.93. The topological polar surface area (TPSA) is 127 Å². The fraction of sp³-hybridized carbons (Fsp3) is 0.846. The van der Waals surface area contributed by atoms with Gasteiger partial charge in [0, 0.05) is 0 Å². The second-order valence-electron chi connectivity index (χ2n) is 10.4. The summed E-state index contributed by atoms with van der Waals surface area (Å²) in [6.07, 6.45) is 6.98. The summed E-state index contributed by atoms with van der Waals surface area (Å²) < 4.78 is 10.8. The standard InChI is InChI=1S/C26H44O8/c1-17(2)11-7-5-9-13-33-25(31)21-15-19(23(27)28)20(24(29)30)16-22(21)26(32)34-14-10-6-8-12-18(3)4/h17-22H,5-16H2,1-4H3,(H,27,28)(H,29,30). The summed E-state index contributed by atoms with van der Waals surface area (Å²) in [7, 11) is 0. The zero-order valence-electron chi connectivity index (χ0n) is 21.3. The van der Waals surface area contributed by atoms with Crippen LogP contribution in [0, 0.1) is 35.5 Å². The summed E-state index contributed by atoms with van der Waals surface area (Å²) in [5.74, 6) is -7.14. The van der Waals surface area contributed by atoms with E-state index in [1.54, 1.807) is 0 Å². The van der Waals surface area contributed by atoms with Crippen LogP contribution in [-0.2, 0) is 28.7 Å². The fourth-order valence-electron chi connectivity index (χ4n) is 4.49. The molecule has 196 valence electrons. The molecule has 1 rings (SSSR count). The van der Waals surface area contributed by atoms with E-state index in [1.165, 1.54) is 0 Å². The van der Waals surface area contributed by atoms with Crippen LogP contribution in [0.15, 0.2) is 0 Å². The predicted molar refractivity (Wildman–Crippen MR) is 127 cm³/mol. The lowest BCUT2D eigenvalue weighted by molar-refractivity contribution is -0.172. The molecule has 4 atom stereocenters. The van der Waals surface area contributed by atoms with E-state index in [0.29, 0.717) is 24.7 Å². The van der Waals surface area contributed by atoms with Crippen LogP contribution in [0.2, 0.25) is 0 Å². The monoisotopic (exact) mass is 484 g/mol. The third-order valence-electron chi connectivity index (χ3n) is 6.57. The van der Waals surface area contributed by atoms with E-state index in [1.807, 2.05) is 0 Å². The Balaban J connectivity index is 2.72. The molecule has 4 unspecified atom stereocenters. The van der Waals surface area contributed by atoms with Gasteiger partial charge in [-0.15, -0.1) is 0 Å². The van der Waals surface area contributed by atoms with Crippen LogP contribution in [0.3, 0.4) is 0 Å². The lowest BCUT2D eigenvalue weighted by Crippen LogP contribution is -2.46. The van der Waals surface area contributed by atoms with E-state index in [0.717, 1.165) is 38.5 Å². The summed E-state index contributed by atoms with van der Waals surface area (Å²) in [5.41, 5.74) is 0. The molecule has 2 N–H and O–H groups in total. The number of carboxylic acid groups (broad SMARTS) is 2. The fourth-order valence-corrected chi connectivity index (χ4v) is 4.49. The molecule has 1 fully saturated rings. The maximum absolute atomic E-state index is 12.8. The molecule has 34 heavy (non-hydrogen) atoms. The van der Waals surface area contributed by atoms with Crippen LogP contribution in [0.4, 0.5) is 0 Å². The highest BCUT2D eigenvalue weighted by atomic mass is 16.5. The molecule has 8 heteroatoms. The van der Waals surface area contributed by atoms with Gasteiger partial charge in [0.25, 0.3) is 0 Å². The van der Waals surface area contributed by atoms with Crippen LogP contribution in [0.5, 0.6) is 0 Å². The number of carboxylic acids is 2. The van der Waals surface area contributed by atoms with Crippen molar-refractivity contribution >= 4 is 23.9 Å². The number of carbonyl (C=O) groups is 4.